The van der Waals surface area contributed by atoms with Crippen molar-refractivity contribution in [3.05, 3.63) is 0 Å². The van der Waals surface area contributed by atoms with Gasteiger partial charge in [0.15, 0.2) is 0 Å². The number of carboxylic acids is 1. The van der Waals surface area contributed by atoms with Crippen LogP contribution in [0.3, 0.4) is 0 Å². The Morgan fingerprint density at radius 1 is 0.885 bits per heavy atom. The number of ether oxygens (including phenoxy) is 1. The summed E-state index contributed by atoms with van der Waals surface area (Å²) in [7, 11) is 0. The molecular weight excluding hydrogens is 332 g/mol. The maximum atomic E-state index is 11.1. The van der Waals surface area contributed by atoms with E-state index in [0.29, 0.717) is 13.2 Å². The van der Waals surface area contributed by atoms with E-state index in [0.717, 1.165) is 45.3 Å². The summed E-state index contributed by atoms with van der Waals surface area (Å²) in [4.78, 5) is 21.5. The van der Waals surface area contributed by atoms with Gasteiger partial charge in [-0.3, -0.25) is 9.59 Å². The Balaban J connectivity index is -0.000000319. The first-order valence-electron chi connectivity index (χ1n) is 10.5. The van der Waals surface area contributed by atoms with Gasteiger partial charge in [-0.15, -0.1) is 0 Å². The number of nitrogens with one attached hydrogen (secondary N) is 2. The molecule has 3 N–H and O–H groups in total. The van der Waals surface area contributed by atoms with Gasteiger partial charge in [0.05, 0.1) is 18.4 Å². The van der Waals surface area contributed by atoms with Crippen LogP contribution in [-0.4, -0.2) is 49.8 Å². The van der Waals surface area contributed by atoms with E-state index < -0.39 is 5.97 Å². The zero-order valence-electron chi connectivity index (χ0n) is 18.2. The SMILES string of the molecule is CC.CC.CC.CCOC(=O)[C@@H]1CCCNC1.O=C(O)[C@@H]1CCCNC1. The minimum absolute atomic E-state index is 0.0419. The lowest BCUT2D eigenvalue weighted by Crippen LogP contribution is -2.35. The average molecular weight is 377 g/mol. The molecule has 0 spiro atoms. The van der Waals surface area contributed by atoms with E-state index in [9.17, 15) is 9.59 Å². The number of esters is 1. The fourth-order valence-electron chi connectivity index (χ4n) is 2.38. The number of carbonyl (C=O) groups is 2. The van der Waals surface area contributed by atoms with Crippen LogP contribution in [0.25, 0.3) is 0 Å². The van der Waals surface area contributed by atoms with E-state index in [4.69, 9.17) is 9.84 Å². The summed E-state index contributed by atoms with van der Waals surface area (Å²) in [5.74, 6) is -0.746. The third-order valence-electron chi connectivity index (χ3n) is 3.56. The van der Waals surface area contributed by atoms with Gasteiger partial charge in [-0.25, -0.2) is 0 Å². The molecule has 2 aliphatic rings. The van der Waals surface area contributed by atoms with Crippen LogP contribution in [0, 0.1) is 11.8 Å². The fraction of sp³-hybridized carbons (Fsp3) is 0.900. The van der Waals surface area contributed by atoms with E-state index in [-0.39, 0.29) is 17.8 Å². The summed E-state index contributed by atoms with van der Waals surface area (Å²) in [5, 5.41) is 14.7. The summed E-state index contributed by atoms with van der Waals surface area (Å²) in [6, 6.07) is 0. The van der Waals surface area contributed by atoms with E-state index in [1.165, 1.54) is 0 Å². The van der Waals surface area contributed by atoms with Crippen molar-refractivity contribution in [1.82, 2.24) is 10.6 Å². The molecule has 6 heteroatoms. The van der Waals surface area contributed by atoms with Crippen LogP contribution < -0.4 is 10.6 Å². The Hall–Kier alpha value is -1.14. The number of rotatable bonds is 3. The van der Waals surface area contributed by atoms with Gasteiger partial charge in [0.25, 0.3) is 0 Å². The Morgan fingerprint density at radius 3 is 1.58 bits per heavy atom. The third kappa shape index (κ3) is 16.3. The average Bonchev–Trinajstić information content (AvgIpc) is 2.74. The van der Waals surface area contributed by atoms with Crippen molar-refractivity contribution in [2.75, 3.05) is 32.8 Å². The van der Waals surface area contributed by atoms with Crippen molar-refractivity contribution >= 4 is 11.9 Å². The van der Waals surface area contributed by atoms with Crippen LogP contribution in [-0.2, 0) is 14.3 Å². The van der Waals surface area contributed by atoms with Gasteiger partial charge in [0.1, 0.15) is 0 Å². The van der Waals surface area contributed by atoms with Crippen LogP contribution in [0.4, 0.5) is 0 Å². The monoisotopic (exact) mass is 376 g/mol. The number of aliphatic carboxylic acids is 1. The number of carbonyl (C=O) groups excluding carboxylic acids is 1. The van der Waals surface area contributed by atoms with Crippen molar-refractivity contribution < 1.29 is 19.4 Å². The molecule has 2 fully saturated rings. The Kier molecular flexibility index (Phi) is 27.2. The van der Waals surface area contributed by atoms with Crippen LogP contribution >= 0.6 is 0 Å². The third-order valence-corrected chi connectivity index (χ3v) is 3.56. The van der Waals surface area contributed by atoms with Crippen LogP contribution in [0.15, 0.2) is 0 Å². The summed E-state index contributed by atoms with van der Waals surface area (Å²) in [6.07, 6.45) is 3.90. The Morgan fingerprint density at radius 2 is 1.31 bits per heavy atom. The second kappa shape index (κ2) is 23.9. The lowest BCUT2D eigenvalue weighted by Gasteiger charge is -2.20. The predicted molar refractivity (Wildman–Crippen MR) is 110 cm³/mol. The van der Waals surface area contributed by atoms with Gasteiger partial charge in [-0.05, 0) is 45.7 Å². The van der Waals surface area contributed by atoms with Gasteiger partial charge in [-0.1, -0.05) is 41.5 Å². The number of hydrogen-bond acceptors (Lipinski definition) is 5. The van der Waals surface area contributed by atoms with Crippen molar-refractivity contribution in [2.45, 2.75) is 74.1 Å². The van der Waals surface area contributed by atoms with E-state index in [2.05, 4.69) is 10.6 Å². The van der Waals surface area contributed by atoms with Gasteiger partial charge in [-0.2, -0.15) is 0 Å². The van der Waals surface area contributed by atoms with Crippen LogP contribution in [0.2, 0.25) is 0 Å². The highest BCUT2D eigenvalue weighted by atomic mass is 16.5. The maximum absolute atomic E-state index is 11.1. The minimum Gasteiger partial charge on any atom is -0.481 e. The van der Waals surface area contributed by atoms with Gasteiger partial charge in [0, 0.05) is 13.1 Å². The molecule has 0 radical (unpaired) electrons. The first-order valence-corrected chi connectivity index (χ1v) is 10.5. The zero-order chi connectivity index (χ0) is 20.8. The zero-order valence-corrected chi connectivity index (χ0v) is 18.2. The highest BCUT2D eigenvalue weighted by Crippen LogP contribution is 2.11. The molecule has 0 saturated carbocycles. The normalized spacial score (nSPS) is 20.7. The first kappa shape index (κ1) is 29.6. The molecule has 2 heterocycles. The lowest BCUT2D eigenvalue weighted by molar-refractivity contribution is -0.148. The Labute approximate surface area is 161 Å². The van der Waals surface area contributed by atoms with Crippen molar-refractivity contribution in [3.8, 4) is 0 Å². The van der Waals surface area contributed by atoms with Crippen molar-refractivity contribution in [2.24, 2.45) is 11.8 Å². The maximum Gasteiger partial charge on any atom is 0.310 e. The molecule has 0 bridgehead atoms. The molecule has 6 nitrogen and oxygen atoms in total. The quantitative estimate of drug-likeness (QED) is 0.651. The molecule has 2 rings (SSSR count). The lowest BCUT2D eigenvalue weighted by atomic mass is 10.0. The van der Waals surface area contributed by atoms with E-state index in [1.54, 1.807) is 0 Å². The topological polar surface area (TPSA) is 87.7 Å². The molecule has 26 heavy (non-hydrogen) atoms. The highest BCUT2D eigenvalue weighted by Gasteiger charge is 2.21. The molecular formula is C20H44N2O4. The van der Waals surface area contributed by atoms with E-state index in [1.807, 2.05) is 48.5 Å². The smallest absolute Gasteiger partial charge is 0.310 e. The number of piperidine rings is 2. The van der Waals surface area contributed by atoms with E-state index >= 15 is 0 Å². The Bertz CT molecular complexity index is 300. The predicted octanol–water partition coefficient (Wildman–Crippen LogP) is 3.70. The van der Waals surface area contributed by atoms with Crippen LogP contribution in [0.1, 0.15) is 74.1 Å². The van der Waals surface area contributed by atoms with Crippen LogP contribution in [0.5, 0.6) is 0 Å². The molecule has 0 unspecified atom stereocenters. The van der Waals surface area contributed by atoms with Crippen molar-refractivity contribution in [1.29, 1.82) is 0 Å². The molecule has 2 atom stereocenters. The van der Waals surface area contributed by atoms with Gasteiger partial charge in [0.2, 0.25) is 0 Å². The second-order valence-corrected chi connectivity index (χ2v) is 5.18. The fourth-order valence-corrected chi connectivity index (χ4v) is 2.38. The van der Waals surface area contributed by atoms with Gasteiger partial charge < -0.3 is 20.5 Å². The molecule has 2 saturated heterocycles. The molecule has 0 aromatic rings. The standard InChI is InChI=1S/C8H15NO2.C6H11NO2.3C2H6/c1-2-11-8(10)7-4-3-5-9-6-7;8-6(9)5-2-1-3-7-4-5;3*1-2/h7,9H,2-6H2,1H3;5,7H,1-4H2,(H,8,9);3*1-2H3/t7-;5-;;;/m11.../s1. The number of carboxylic acid groups (broad SMARTS) is 1. The molecule has 0 aromatic heterocycles. The molecule has 2 aliphatic heterocycles. The molecule has 158 valence electrons. The molecule has 0 aromatic carbocycles. The summed E-state index contributed by atoms with van der Waals surface area (Å²) in [5.41, 5.74) is 0. The summed E-state index contributed by atoms with van der Waals surface area (Å²) < 4.78 is 4.90. The summed E-state index contributed by atoms with van der Waals surface area (Å²) >= 11 is 0. The largest absolute Gasteiger partial charge is 0.481 e. The molecule has 0 aliphatic carbocycles. The first-order chi connectivity index (χ1) is 12.6. The number of hydrogen-bond donors (Lipinski definition) is 3. The highest BCUT2D eigenvalue weighted by molar-refractivity contribution is 5.72. The van der Waals surface area contributed by atoms with Crippen molar-refractivity contribution in [3.63, 3.8) is 0 Å². The second-order valence-electron chi connectivity index (χ2n) is 5.18. The van der Waals surface area contributed by atoms with Gasteiger partial charge >= 0.3 is 11.9 Å². The minimum atomic E-state index is -0.665. The molecule has 0 amide bonds. The summed E-state index contributed by atoms with van der Waals surface area (Å²) in [6.45, 7) is 17.8.